The molecule has 1 fully saturated rings. The van der Waals surface area contributed by atoms with Gasteiger partial charge < -0.3 is 14.6 Å². The van der Waals surface area contributed by atoms with Gasteiger partial charge in [-0.15, -0.1) is 11.3 Å². The van der Waals surface area contributed by atoms with E-state index in [1.54, 1.807) is 16.2 Å². The van der Waals surface area contributed by atoms with Crippen molar-refractivity contribution in [2.24, 2.45) is 0 Å². The second-order valence-corrected chi connectivity index (χ2v) is 10.3. The number of carbonyl (C=O) groups excluding carboxylic acids is 1. The fourth-order valence-corrected chi connectivity index (χ4v) is 5.71. The minimum atomic E-state index is -0.257. The molecule has 0 bridgehead atoms. The van der Waals surface area contributed by atoms with Gasteiger partial charge in [0.05, 0.1) is 17.6 Å². The highest BCUT2D eigenvalue weighted by Crippen LogP contribution is 2.25. The maximum absolute atomic E-state index is 12.7. The Kier molecular flexibility index (Phi) is 7.83. The van der Waals surface area contributed by atoms with E-state index in [4.69, 9.17) is 4.74 Å². The predicted molar refractivity (Wildman–Crippen MR) is 143 cm³/mol. The van der Waals surface area contributed by atoms with Crippen LogP contribution >= 0.6 is 11.3 Å². The van der Waals surface area contributed by atoms with Gasteiger partial charge in [0.15, 0.2) is 0 Å². The number of hydrogen-bond acceptors (Lipinski definition) is 5. The van der Waals surface area contributed by atoms with Gasteiger partial charge in [-0.2, -0.15) is 0 Å². The number of rotatable bonds is 9. The number of aromatic nitrogens is 2. The number of benzene rings is 2. The Morgan fingerprint density at radius 1 is 1.00 bits per heavy atom. The maximum atomic E-state index is 12.7. The van der Waals surface area contributed by atoms with Crippen LogP contribution < -0.4 is 5.69 Å². The van der Waals surface area contributed by atoms with Crippen LogP contribution in [0.4, 0.5) is 4.79 Å². The number of carbonyl (C=O) groups is 1. The molecule has 0 saturated carbocycles. The number of piperidine rings is 1. The third-order valence-corrected chi connectivity index (χ3v) is 7.63. The number of hydrogen-bond donors (Lipinski definition) is 1. The number of ether oxygens (including phenoxy) is 1. The fraction of sp³-hybridized carbons (Fsp3) is 0.357. The number of nitrogens with one attached hydrogen (secondary N) is 1. The summed E-state index contributed by atoms with van der Waals surface area (Å²) in [5.74, 6) is 0. The summed E-state index contributed by atoms with van der Waals surface area (Å²) in [6, 6.07) is 22.5. The number of imidazole rings is 1. The third-order valence-electron chi connectivity index (χ3n) is 6.76. The van der Waals surface area contributed by atoms with Crippen LogP contribution in [0.1, 0.15) is 35.7 Å². The van der Waals surface area contributed by atoms with E-state index in [1.807, 2.05) is 34.9 Å². The van der Waals surface area contributed by atoms with Crippen LogP contribution in [0.15, 0.2) is 76.9 Å². The number of fused-ring (bicyclic) bond motifs is 1. The van der Waals surface area contributed by atoms with Crippen molar-refractivity contribution in [1.82, 2.24) is 19.4 Å². The van der Waals surface area contributed by atoms with E-state index in [0.717, 1.165) is 49.9 Å². The van der Waals surface area contributed by atoms with Crippen LogP contribution in [0.5, 0.6) is 0 Å². The van der Waals surface area contributed by atoms with E-state index < -0.39 is 0 Å². The first-order valence-corrected chi connectivity index (χ1v) is 13.4. The topological polar surface area (TPSA) is 70.6 Å². The summed E-state index contributed by atoms with van der Waals surface area (Å²) in [6.07, 6.45) is 2.00. The zero-order valence-corrected chi connectivity index (χ0v) is 21.2. The zero-order valence-electron chi connectivity index (χ0n) is 20.3. The van der Waals surface area contributed by atoms with Crippen LogP contribution in [0.2, 0.25) is 0 Å². The van der Waals surface area contributed by atoms with Gasteiger partial charge >= 0.3 is 11.8 Å². The molecule has 7 nitrogen and oxygen atoms in total. The fourth-order valence-electron chi connectivity index (χ4n) is 4.96. The second-order valence-electron chi connectivity index (χ2n) is 9.28. The van der Waals surface area contributed by atoms with Crippen molar-refractivity contribution in [3.63, 3.8) is 0 Å². The minimum absolute atomic E-state index is 0.0835. The smallest absolute Gasteiger partial charge is 0.409 e. The second kappa shape index (κ2) is 11.6. The molecular formula is C28H32N4O3S. The highest BCUT2D eigenvalue weighted by Gasteiger charge is 2.26. The van der Waals surface area contributed by atoms with Crippen LogP contribution in [0.3, 0.4) is 0 Å². The average Bonchev–Trinajstić information content (AvgIpc) is 3.54. The van der Waals surface area contributed by atoms with E-state index in [9.17, 15) is 9.59 Å². The minimum Gasteiger partial charge on any atom is -0.449 e. The molecule has 0 aliphatic carbocycles. The molecule has 2 aromatic carbocycles. The zero-order chi connectivity index (χ0) is 24.7. The first-order valence-electron chi connectivity index (χ1n) is 12.6. The lowest BCUT2D eigenvalue weighted by Crippen LogP contribution is -2.41. The first kappa shape index (κ1) is 24.3. The molecular weight excluding hydrogens is 472 g/mol. The first-order chi connectivity index (χ1) is 17.7. The number of thiophene rings is 1. The molecule has 36 heavy (non-hydrogen) atoms. The summed E-state index contributed by atoms with van der Waals surface area (Å²) in [4.78, 5) is 33.6. The molecule has 3 heterocycles. The summed E-state index contributed by atoms with van der Waals surface area (Å²) >= 11 is 1.77. The molecule has 1 N–H and O–H groups in total. The highest BCUT2D eigenvalue weighted by atomic mass is 32.1. The lowest BCUT2D eigenvalue weighted by molar-refractivity contribution is 0.0841. The number of H-pyrrole nitrogens is 1. The molecule has 1 saturated heterocycles. The Bertz CT molecular complexity index is 1310. The highest BCUT2D eigenvalue weighted by molar-refractivity contribution is 7.09. The van der Waals surface area contributed by atoms with Crippen molar-refractivity contribution < 1.29 is 9.53 Å². The van der Waals surface area contributed by atoms with Crippen molar-refractivity contribution in [3.8, 4) is 0 Å². The summed E-state index contributed by atoms with van der Waals surface area (Å²) in [7, 11) is 0. The van der Waals surface area contributed by atoms with Gasteiger partial charge in [-0.1, -0.05) is 48.5 Å². The van der Waals surface area contributed by atoms with Crippen LogP contribution in [0.25, 0.3) is 11.0 Å². The normalized spacial score (nSPS) is 14.5. The molecule has 5 rings (SSSR count). The van der Waals surface area contributed by atoms with Gasteiger partial charge in [0.1, 0.15) is 0 Å². The van der Waals surface area contributed by atoms with E-state index in [2.05, 4.69) is 51.7 Å². The van der Waals surface area contributed by atoms with Gasteiger partial charge in [0.2, 0.25) is 0 Å². The van der Waals surface area contributed by atoms with Gasteiger partial charge in [-0.3, -0.25) is 9.47 Å². The van der Waals surface area contributed by atoms with Crippen molar-refractivity contribution >= 4 is 28.5 Å². The van der Waals surface area contributed by atoms with E-state index >= 15 is 0 Å². The quantitative estimate of drug-likeness (QED) is 0.316. The summed E-state index contributed by atoms with van der Waals surface area (Å²) in [5.41, 5.74) is 2.97. The van der Waals surface area contributed by atoms with Crippen molar-refractivity contribution in [1.29, 1.82) is 0 Å². The molecule has 0 unspecified atom stereocenters. The number of amides is 1. The molecule has 1 amide bonds. The Labute approximate surface area is 214 Å². The number of aromatic amines is 1. The van der Waals surface area contributed by atoms with E-state index in [1.165, 1.54) is 10.4 Å². The Balaban J connectivity index is 1.09. The number of likely N-dealkylation sites (tertiary alicyclic amines) is 1. The molecule has 2 aromatic heterocycles. The number of para-hydroxylation sites is 2. The summed E-state index contributed by atoms with van der Waals surface area (Å²) in [5, 5.41) is 2.11. The molecule has 1 aliphatic heterocycles. The molecule has 8 heteroatoms. The summed E-state index contributed by atoms with van der Waals surface area (Å²) in [6.45, 7) is 4.19. The van der Waals surface area contributed by atoms with Crippen LogP contribution in [-0.2, 0) is 17.8 Å². The standard InChI is InChI=1S/C28H32N4O3S/c33-27-29-25-11-4-5-12-26(25)32(27)23-13-16-31(17-14-23)28(34)35-18-7-15-30(21-24-10-6-19-36-24)20-22-8-2-1-3-9-22/h1-6,8-12,19,23H,7,13-18,20-21H2,(H,29,33). The molecule has 0 atom stereocenters. The lowest BCUT2D eigenvalue weighted by atomic mass is 10.0. The number of nitrogens with zero attached hydrogens (tertiary/aromatic N) is 3. The van der Waals surface area contributed by atoms with Gasteiger partial charge in [-0.05, 0) is 48.4 Å². The Hall–Kier alpha value is -3.36. The SMILES string of the molecule is O=C(OCCCN(Cc1ccccc1)Cc1cccs1)N1CCC(n2c(=O)[nH]c3ccccc32)CC1. The molecule has 1 aliphatic rings. The molecule has 0 radical (unpaired) electrons. The lowest BCUT2D eigenvalue weighted by Gasteiger charge is -2.32. The van der Waals surface area contributed by atoms with E-state index in [0.29, 0.717) is 19.7 Å². The van der Waals surface area contributed by atoms with Crippen LogP contribution in [0, 0.1) is 0 Å². The largest absolute Gasteiger partial charge is 0.449 e. The van der Waals surface area contributed by atoms with Gasteiger partial charge in [-0.25, -0.2) is 9.59 Å². The van der Waals surface area contributed by atoms with Crippen molar-refractivity contribution in [3.05, 3.63) is 93.0 Å². The van der Waals surface area contributed by atoms with Crippen LogP contribution in [-0.4, -0.2) is 51.7 Å². The van der Waals surface area contributed by atoms with Crippen molar-refractivity contribution in [2.45, 2.75) is 38.4 Å². The average molecular weight is 505 g/mol. The Morgan fingerprint density at radius 2 is 1.78 bits per heavy atom. The van der Waals surface area contributed by atoms with Gasteiger partial charge in [0.25, 0.3) is 0 Å². The van der Waals surface area contributed by atoms with Crippen molar-refractivity contribution in [2.75, 3.05) is 26.2 Å². The molecule has 188 valence electrons. The third kappa shape index (κ3) is 5.88. The maximum Gasteiger partial charge on any atom is 0.409 e. The molecule has 4 aromatic rings. The monoisotopic (exact) mass is 504 g/mol. The predicted octanol–water partition coefficient (Wildman–Crippen LogP) is 5.26. The van der Waals surface area contributed by atoms with E-state index in [-0.39, 0.29) is 17.8 Å². The Morgan fingerprint density at radius 3 is 2.56 bits per heavy atom. The van der Waals surface area contributed by atoms with Gasteiger partial charge in [0, 0.05) is 43.6 Å². The molecule has 0 spiro atoms. The summed E-state index contributed by atoms with van der Waals surface area (Å²) < 4.78 is 7.47.